The zero-order chi connectivity index (χ0) is 13.1. The predicted octanol–water partition coefficient (Wildman–Crippen LogP) is 2.69. The fourth-order valence-electron chi connectivity index (χ4n) is 1.33. The Labute approximate surface area is 112 Å². The average Bonchev–Trinajstić information content (AvgIpc) is 2.26. The van der Waals surface area contributed by atoms with E-state index < -0.39 is 10.0 Å². The molecule has 17 heavy (non-hydrogen) atoms. The van der Waals surface area contributed by atoms with Gasteiger partial charge in [0.05, 0.1) is 4.90 Å². The minimum Gasteiger partial charge on any atom is -0.207 e. The van der Waals surface area contributed by atoms with E-state index in [2.05, 4.69) is 20.7 Å². The summed E-state index contributed by atoms with van der Waals surface area (Å²) in [6, 6.07) is 6.76. The van der Waals surface area contributed by atoms with Gasteiger partial charge in [-0.25, -0.2) is 13.1 Å². The second-order valence-electron chi connectivity index (χ2n) is 4.44. The number of hydrogen-bond donors (Lipinski definition) is 1. The minimum atomic E-state index is -3.41. The van der Waals surface area contributed by atoms with E-state index >= 15 is 0 Å². The molecule has 0 heterocycles. The maximum absolute atomic E-state index is 12.1. The first-order valence-corrected chi connectivity index (χ1v) is 8.12. The predicted molar refractivity (Wildman–Crippen MR) is 73.9 cm³/mol. The monoisotopic (exact) mass is 319 g/mol. The topological polar surface area (TPSA) is 46.2 Å². The number of alkyl halides is 1. The van der Waals surface area contributed by atoms with E-state index in [-0.39, 0.29) is 12.0 Å². The van der Waals surface area contributed by atoms with Gasteiger partial charge in [0, 0.05) is 11.4 Å². The van der Waals surface area contributed by atoms with Crippen LogP contribution < -0.4 is 4.72 Å². The number of rotatable bonds is 5. The van der Waals surface area contributed by atoms with Crippen LogP contribution in [0.1, 0.15) is 19.4 Å². The maximum Gasteiger partial charge on any atom is 0.240 e. The quantitative estimate of drug-likeness (QED) is 0.848. The number of nitrogens with one attached hydrogen (secondary N) is 1. The van der Waals surface area contributed by atoms with Crippen LogP contribution in [0.2, 0.25) is 0 Å². The fourth-order valence-corrected chi connectivity index (χ4v) is 3.84. The third kappa shape index (κ3) is 4.08. The molecule has 1 aromatic rings. The van der Waals surface area contributed by atoms with Gasteiger partial charge < -0.3 is 0 Å². The van der Waals surface area contributed by atoms with Gasteiger partial charge in [-0.05, 0) is 25.0 Å². The largest absolute Gasteiger partial charge is 0.240 e. The summed E-state index contributed by atoms with van der Waals surface area (Å²) in [5, 5.41) is 0.607. The number of benzene rings is 1. The molecule has 0 amide bonds. The van der Waals surface area contributed by atoms with E-state index in [1.807, 2.05) is 20.8 Å². The summed E-state index contributed by atoms with van der Waals surface area (Å²) in [5.41, 5.74) is 1.05. The summed E-state index contributed by atoms with van der Waals surface area (Å²) in [7, 11) is -3.41. The molecular weight excluding hydrogens is 302 g/mol. The minimum absolute atomic E-state index is 0.0960. The smallest absolute Gasteiger partial charge is 0.207 e. The highest BCUT2D eigenvalue weighted by Crippen LogP contribution is 2.13. The van der Waals surface area contributed by atoms with Gasteiger partial charge in [-0.3, -0.25) is 0 Å². The molecule has 0 unspecified atom stereocenters. The van der Waals surface area contributed by atoms with E-state index in [1.165, 1.54) is 0 Å². The Morgan fingerprint density at radius 3 is 2.18 bits per heavy atom. The molecule has 0 aliphatic carbocycles. The van der Waals surface area contributed by atoms with Gasteiger partial charge >= 0.3 is 0 Å². The van der Waals surface area contributed by atoms with E-state index in [9.17, 15) is 8.42 Å². The number of halogens is 1. The van der Waals surface area contributed by atoms with Crippen molar-refractivity contribution in [2.45, 2.75) is 31.7 Å². The molecule has 0 fully saturated rings. The van der Waals surface area contributed by atoms with Crippen LogP contribution >= 0.6 is 15.9 Å². The van der Waals surface area contributed by atoms with Crippen molar-refractivity contribution in [1.82, 2.24) is 4.72 Å². The van der Waals surface area contributed by atoms with E-state index in [1.54, 1.807) is 24.3 Å². The second kappa shape index (κ2) is 5.98. The van der Waals surface area contributed by atoms with Crippen molar-refractivity contribution in [2.24, 2.45) is 5.92 Å². The molecule has 0 saturated carbocycles. The molecule has 3 nitrogen and oxygen atoms in total. The van der Waals surface area contributed by atoms with Crippen LogP contribution in [0.5, 0.6) is 0 Å². The molecule has 5 heteroatoms. The van der Waals surface area contributed by atoms with Crippen LogP contribution in [-0.2, 0) is 10.0 Å². The van der Waals surface area contributed by atoms with Crippen molar-refractivity contribution >= 4 is 26.0 Å². The molecule has 0 aliphatic rings. The standard InChI is InChI=1S/C12H18BrNO2S/c1-9(2)12(8-13)14-17(15,16)11-6-4-10(3)5-7-11/h4-7,9,12,14H,8H2,1-3H3/t12-/m1/s1. The molecule has 0 aromatic heterocycles. The molecule has 1 aromatic carbocycles. The van der Waals surface area contributed by atoms with Gasteiger partial charge in [0.1, 0.15) is 0 Å². The zero-order valence-electron chi connectivity index (χ0n) is 10.3. The van der Waals surface area contributed by atoms with E-state index in [0.29, 0.717) is 10.2 Å². The highest BCUT2D eigenvalue weighted by atomic mass is 79.9. The molecule has 0 spiro atoms. The lowest BCUT2D eigenvalue weighted by Gasteiger charge is -2.19. The van der Waals surface area contributed by atoms with Gasteiger partial charge in [0.15, 0.2) is 0 Å². The van der Waals surface area contributed by atoms with Gasteiger partial charge in [0.2, 0.25) is 10.0 Å². The number of sulfonamides is 1. The van der Waals surface area contributed by atoms with E-state index in [0.717, 1.165) is 5.56 Å². The van der Waals surface area contributed by atoms with Crippen molar-refractivity contribution in [3.8, 4) is 0 Å². The summed E-state index contributed by atoms with van der Waals surface area (Å²) < 4.78 is 26.9. The van der Waals surface area contributed by atoms with Gasteiger partial charge in [-0.15, -0.1) is 0 Å². The van der Waals surface area contributed by atoms with Crippen molar-refractivity contribution in [3.05, 3.63) is 29.8 Å². The summed E-state index contributed by atoms with van der Waals surface area (Å²) >= 11 is 3.33. The van der Waals surface area contributed by atoms with Gasteiger partial charge in [-0.1, -0.05) is 47.5 Å². The second-order valence-corrected chi connectivity index (χ2v) is 6.80. The van der Waals surface area contributed by atoms with Crippen LogP contribution in [-0.4, -0.2) is 19.8 Å². The molecule has 1 N–H and O–H groups in total. The highest BCUT2D eigenvalue weighted by Gasteiger charge is 2.21. The number of aryl methyl sites for hydroxylation is 1. The summed E-state index contributed by atoms with van der Waals surface area (Å²) in [5.74, 6) is 0.245. The first-order chi connectivity index (χ1) is 7.86. The first kappa shape index (κ1) is 14.7. The molecule has 0 bridgehead atoms. The highest BCUT2D eigenvalue weighted by molar-refractivity contribution is 9.09. The van der Waals surface area contributed by atoms with Gasteiger partial charge in [0.25, 0.3) is 0 Å². The third-order valence-electron chi connectivity index (χ3n) is 2.61. The molecule has 96 valence electrons. The molecule has 1 atom stereocenters. The Kier molecular flexibility index (Phi) is 5.16. The molecule has 0 radical (unpaired) electrons. The van der Waals surface area contributed by atoms with Crippen LogP contribution in [0.4, 0.5) is 0 Å². The fraction of sp³-hybridized carbons (Fsp3) is 0.500. The zero-order valence-corrected chi connectivity index (χ0v) is 12.7. The summed E-state index contributed by atoms with van der Waals surface area (Å²) in [6.07, 6.45) is 0. The van der Waals surface area contributed by atoms with Crippen molar-refractivity contribution in [2.75, 3.05) is 5.33 Å². The molecule has 0 saturated heterocycles. The molecule has 1 rings (SSSR count). The SMILES string of the molecule is Cc1ccc(S(=O)(=O)N[C@H](CBr)C(C)C)cc1. The Morgan fingerprint density at radius 2 is 1.76 bits per heavy atom. The molecule has 0 aliphatic heterocycles. The van der Waals surface area contributed by atoms with Crippen LogP contribution in [0.15, 0.2) is 29.2 Å². The summed E-state index contributed by atoms with van der Waals surface area (Å²) in [4.78, 5) is 0.315. The Hall–Kier alpha value is -0.390. The normalized spacial score (nSPS) is 13.9. The van der Waals surface area contributed by atoms with Crippen LogP contribution in [0.3, 0.4) is 0 Å². The van der Waals surface area contributed by atoms with Crippen LogP contribution in [0, 0.1) is 12.8 Å². The summed E-state index contributed by atoms with van der Waals surface area (Å²) in [6.45, 7) is 5.91. The first-order valence-electron chi connectivity index (χ1n) is 5.52. The third-order valence-corrected chi connectivity index (χ3v) is 4.81. The van der Waals surface area contributed by atoms with E-state index in [4.69, 9.17) is 0 Å². The van der Waals surface area contributed by atoms with Crippen molar-refractivity contribution < 1.29 is 8.42 Å². The lowest BCUT2D eigenvalue weighted by atomic mass is 10.1. The number of hydrogen-bond acceptors (Lipinski definition) is 2. The lowest BCUT2D eigenvalue weighted by molar-refractivity contribution is 0.484. The Bertz CT molecular complexity index is 454. The molecular formula is C12H18BrNO2S. The Balaban J connectivity index is 2.92. The average molecular weight is 320 g/mol. The van der Waals surface area contributed by atoms with Gasteiger partial charge in [-0.2, -0.15) is 0 Å². The lowest BCUT2D eigenvalue weighted by Crippen LogP contribution is -2.39. The van der Waals surface area contributed by atoms with Crippen molar-refractivity contribution in [1.29, 1.82) is 0 Å². The Morgan fingerprint density at radius 1 is 1.24 bits per heavy atom. The maximum atomic E-state index is 12.1. The van der Waals surface area contributed by atoms with Crippen LogP contribution in [0.25, 0.3) is 0 Å². The van der Waals surface area contributed by atoms with Crippen molar-refractivity contribution in [3.63, 3.8) is 0 Å².